The summed E-state index contributed by atoms with van der Waals surface area (Å²) in [6.07, 6.45) is 0.609. The molecule has 1 aliphatic rings. The third-order valence-electron chi connectivity index (χ3n) is 4.22. The number of aliphatic carboxylic acids is 1. The van der Waals surface area contributed by atoms with Crippen LogP contribution < -0.4 is 5.32 Å². The lowest BCUT2D eigenvalue weighted by Gasteiger charge is -2.33. The predicted octanol–water partition coefficient (Wildman–Crippen LogP) is 2.83. The third kappa shape index (κ3) is 4.74. The van der Waals surface area contributed by atoms with E-state index in [1.165, 1.54) is 17.3 Å². The number of amides is 1. The highest BCUT2D eigenvalue weighted by Gasteiger charge is 2.41. The summed E-state index contributed by atoms with van der Waals surface area (Å²) in [6, 6.07) is 8.13. The maximum absolute atomic E-state index is 12.2. The molecule has 0 bridgehead atoms. The molecule has 2 rings (SSSR count). The van der Waals surface area contributed by atoms with Gasteiger partial charge >= 0.3 is 5.97 Å². The molecule has 24 heavy (non-hydrogen) atoms. The first-order valence-electron chi connectivity index (χ1n) is 8.08. The van der Waals surface area contributed by atoms with E-state index in [1.807, 2.05) is 12.1 Å². The Morgan fingerprint density at radius 3 is 2.29 bits per heavy atom. The minimum Gasteiger partial charge on any atom is -0.480 e. The topological polar surface area (TPSA) is 75.6 Å². The molecule has 1 aliphatic heterocycles. The van der Waals surface area contributed by atoms with Gasteiger partial charge in [0.2, 0.25) is 5.91 Å². The van der Waals surface area contributed by atoms with Crippen LogP contribution in [0.1, 0.15) is 39.2 Å². The summed E-state index contributed by atoms with van der Waals surface area (Å²) < 4.78 is 5.20. The highest BCUT2D eigenvalue weighted by Crippen LogP contribution is 2.26. The van der Waals surface area contributed by atoms with Gasteiger partial charge in [-0.15, -0.1) is 11.8 Å². The fraction of sp³-hybridized carbons (Fsp3) is 0.556. The van der Waals surface area contributed by atoms with Crippen molar-refractivity contribution in [2.45, 2.75) is 49.5 Å². The van der Waals surface area contributed by atoms with Crippen LogP contribution in [0.4, 0.5) is 0 Å². The summed E-state index contributed by atoms with van der Waals surface area (Å²) in [5.41, 5.74) is 0.145. The van der Waals surface area contributed by atoms with Crippen molar-refractivity contribution in [3.05, 3.63) is 29.8 Å². The van der Waals surface area contributed by atoms with Crippen molar-refractivity contribution < 1.29 is 19.4 Å². The molecule has 0 saturated carbocycles. The molecule has 0 aromatic heterocycles. The number of rotatable bonds is 5. The first kappa shape index (κ1) is 18.8. The van der Waals surface area contributed by atoms with Crippen molar-refractivity contribution in [3.8, 4) is 0 Å². The van der Waals surface area contributed by atoms with Crippen LogP contribution in [-0.2, 0) is 19.7 Å². The van der Waals surface area contributed by atoms with Crippen LogP contribution in [0, 0.1) is 0 Å². The highest BCUT2D eigenvalue weighted by atomic mass is 32.2. The molecule has 1 saturated heterocycles. The average molecular weight is 351 g/mol. The number of thioether (sulfide) groups is 1. The Kier molecular flexibility index (Phi) is 5.93. The second-order valence-electron chi connectivity index (χ2n) is 7.11. The molecule has 1 aromatic rings. The molecular formula is C18H25NO4S. The average Bonchev–Trinajstić information content (AvgIpc) is 2.53. The molecule has 1 amide bonds. The minimum absolute atomic E-state index is 0.0947. The summed E-state index contributed by atoms with van der Waals surface area (Å²) in [4.78, 5) is 24.7. The van der Waals surface area contributed by atoms with Gasteiger partial charge in [-0.05, 0) is 23.1 Å². The zero-order valence-corrected chi connectivity index (χ0v) is 15.2. The quantitative estimate of drug-likeness (QED) is 0.798. The first-order chi connectivity index (χ1) is 11.2. The molecule has 0 aliphatic carbocycles. The number of carboxylic acids is 1. The number of benzene rings is 1. The van der Waals surface area contributed by atoms with Crippen LogP contribution in [0.5, 0.6) is 0 Å². The molecule has 2 N–H and O–H groups in total. The zero-order valence-electron chi connectivity index (χ0n) is 14.4. The van der Waals surface area contributed by atoms with Crippen LogP contribution in [0.15, 0.2) is 29.2 Å². The lowest BCUT2D eigenvalue weighted by atomic mass is 9.87. The lowest BCUT2D eigenvalue weighted by molar-refractivity contribution is -0.151. The molecule has 0 atom stereocenters. The largest absolute Gasteiger partial charge is 0.480 e. The monoisotopic (exact) mass is 351 g/mol. The van der Waals surface area contributed by atoms with Crippen molar-refractivity contribution in [1.82, 2.24) is 5.32 Å². The van der Waals surface area contributed by atoms with E-state index >= 15 is 0 Å². The number of carbonyl (C=O) groups excluding carboxylic acids is 1. The standard InChI is InChI=1S/C18H25NO4S/c1-17(2,3)13-4-6-14(7-5-13)24-12-15(20)19-18(16(21)22)8-10-23-11-9-18/h4-7H,8-12H2,1-3H3,(H,19,20)(H,21,22). The molecular weight excluding hydrogens is 326 g/mol. The van der Waals surface area contributed by atoms with Gasteiger partial charge in [0.1, 0.15) is 5.54 Å². The van der Waals surface area contributed by atoms with Crippen LogP contribution in [-0.4, -0.2) is 41.5 Å². The highest BCUT2D eigenvalue weighted by molar-refractivity contribution is 8.00. The molecule has 0 unspecified atom stereocenters. The van der Waals surface area contributed by atoms with Gasteiger partial charge in [-0.3, -0.25) is 4.79 Å². The van der Waals surface area contributed by atoms with Gasteiger partial charge in [0.15, 0.2) is 0 Å². The van der Waals surface area contributed by atoms with Crippen LogP contribution in [0.3, 0.4) is 0 Å². The Bertz CT molecular complexity index is 586. The van der Waals surface area contributed by atoms with Gasteiger partial charge in [-0.2, -0.15) is 0 Å². The van der Waals surface area contributed by atoms with E-state index in [4.69, 9.17) is 4.74 Å². The van der Waals surface area contributed by atoms with Crippen molar-refractivity contribution in [2.24, 2.45) is 0 Å². The van der Waals surface area contributed by atoms with Crippen LogP contribution >= 0.6 is 11.8 Å². The smallest absolute Gasteiger partial charge is 0.329 e. The molecule has 132 valence electrons. The lowest BCUT2D eigenvalue weighted by Crippen LogP contribution is -2.57. The van der Waals surface area contributed by atoms with Crippen molar-refractivity contribution >= 4 is 23.6 Å². The number of hydrogen-bond acceptors (Lipinski definition) is 4. The van der Waals surface area contributed by atoms with E-state index < -0.39 is 11.5 Å². The minimum atomic E-state index is -1.19. The molecule has 5 nitrogen and oxygen atoms in total. The zero-order chi connectivity index (χ0) is 17.8. The number of hydrogen-bond donors (Lipinski definition) is 2. The summed E-state index contributed by atoms with van der Waals surface area (Å²) in [5, 5.41) is 12.2. The number of nitrogens with one attached hydrogen (secondary N) is 1. The van der Waals surface area contributed by atoms with Crippen LogP contribution in [0.25, 0.3) is 0 Å². The summed E-state index contributed by atoms with van der Waals surface area (Å²) in [7, 11) is 0. The Morgan fingerprint density at radius 2 is 1.79 bits per heavy atom. The number of carboxylic acid groups (broad SMARTS) is 1. The van der Waals surface area contributed by atoms with Gasteiger partial charge in [0.05, 0.1) is 5.75 Å². The maximum Gasteiger partial charge on any atom is 0.329 e. The van der Waals surface area contributed by atoms with E-state index in [-0.39, 0.29) is 17.1 Å². The molecule has 1 heterocycles. The Hall–Kier alpha value is -1.53. The summed E-state index contributed by atoms with van der Waals surface area (Å²) in [5.74, 6) is -1.05. The number of ether oxygens (including phenoxy) is 1. The van der Waals surface area contributed by atoms with E-state index in [1.54, 1.807) is 0 Å². The predicted molar refractivity (Wildman–Crippen MR) is 94.4 cm³/mol. The first-order valence-corrected chi connectivity index (χ1v) is 9.07. The van der Waals surface area contributed by atoms with Crippen molar-refractivity contribution in [3.63, 3.8) is 0 Å². The molecule has 6 heteroatoms. The van der Waals surface area contributed by atoms with Gasteiger partial charge in [-0.25, -0.2) is 4.79 Å². The van der Waals surface area contributed by atoms with Gasteiger partial charge in [-0.1, -0.05) is 32.9 Å². The van der Waals surface area contributed by atoms with Gasteiger partial charge in [0.25, 0.3) is 0 Å². The van der Waals surface area contributed by atoms with E-state index in [0.717, 1.165) is 4.90 Å². The van der Waals surface area contributed by atoms with E-state index in [0.29, 0.717) is 26.1 Å². The third-order valence-corrected chi connectivity index (χ3v) is 5.24. The van der Waals surface area contributed by atoms with E-state index in [9.17, 15) is 14.7 Å². The molecule has 1 aromatic carbocycles. The van der Waals surface area contributed by atoms with Crippen molar-refractivity contribution in [1.29, 1.82) is 0 Å². The van der Waals surface area contributed by atoms with Gasteiger partial charge < -0.3 is 15.2 Å². The second-order valence-corrected chi connectivity index (χ2v) is 8.16. The number of carbonyl (C=O) groups is 2. The van der Waals surface area contributed by atoms with Gasteiger partial charge in [0, 0.05) is 31.0 Å². The SMILES string of the molecule is CC(C)(C)c1ccc(SCC(=O)NC2(C(=O)O)CCOCC2)cc1. The Balaban J connectivity index is 1.91. The second kappa shape index (κ2) is 7.57. The fourth-order valence-corrected chi connectivity index (χ4v) is 3.31. The molecule has 0 spiro atoms. The van der Waals surface area contributed by atoms with E-state index in [2.05, 4.69) is 38.2 Å². The summed E-state index contributed by atoms with van der Waals surface area (Å²) in [6.45, 7) is 7.17. The Morgan fingerprint density at radius 1 is 1.21 bits per heavy atom. The normalized spacial score (nSPS) is 17.3. The van der Waals surface area contributed by atoms with Crippen LogP contribution in [0.2, 0.25) is 0 Å². The Labute approximate surface area is 147 Å². The fourth-order valence-electron chi connectivity index (χ4n) is 2.62. The van der Waals surface area contributed by atoms with Crippen molar-refractivity contribution in [2.75, 3.05) is 19.0 Å². The molecule has 0 radical (unpaired) electrons. The maximum atomic E-state index is 12.2. The molecule has 1 fully saturated rings. The summed E-state index contributed by atoms with van der Waals surface area (Å²) >= 11 is 1.41.